The van der Waals surface area contributed by atoms with Crippen molar-refractivity contribution in [1.82, 2.24) is 5.32 Å². The van der Waals surface area contributed by atoms with Crippen LogP contribution in [0.3, 0.4) is 0 Å². The number of hydrogen-bond donors (Lipinski definition) is 1. The van der Waals surface area contributed by atoms with Gasteiger partial charge in [0, 0.05) is 21.8 Å². The highest BCUT2D eigenvalue weighted by molar-refractivity contribution is 7.11. The Hall–Kier alpha value is -0.380. The Morgan fingerprint density at radius 3 is 2.59 bits per heavy atom. The van der Waals surface area contributed by atoms with E-state index >= 15 is 0 Å². The summed E-state index contributed by atoms with van der Waals surface area (Å²) in [5.41, 5.74) is 0.187. The topological polar surface area (TPSA) is 21.3 Å². The normalized spacial score (nSPS) is 17.1. The molecule has 1 aromatic heterocycles. The van der Waals surface area contributed by atoms with Crippen molar-refractivity contribution in [2.24, 2.45) is 0 Å². The highest BCUT2D eigenvalue weighted by atomic mass is 32.1. The van der Waals surface area contributed by atoms with E-state index in [1.165, 1.54) is 29.0 Å². The van der Waals surface area contributed by atoms with Gasteiger partial charge in [0.1, 0.15) is 0 Å². The fraction of sp³-hybridized carbons (Fsp3) is 0.714. The van der Waals surface area contributed by atoms with Crippen molar-refractivity contribution in [1.29, 1.82) is 0 Å². The number of nitrogens with one attached hydrogen (secondary N) is 1. The first-order valence-corrected chi connectivity index (χ1v) is 7.29. The van der Waals surface area contributed by atoms with E-state index < -0.39 is 0 Å². The highest BCUT2D eigenvalue weighted by Crippen LogP contribution is 2.25. The molecule has 1 fully saturated rings. The van der Waals surface area contributed by atoms with E-state index in [4.69, 9.17) is 4.74 Å². The lowest BCUT2D eigenvalue weighted by Gasteiger charge is -2.25. The Morgan fingerprint density at radius 1 is 1.29 bits per heavy atom. The number of ether oxygens (including phenoxy) is 1. The van der Waals surface area contributed by atoms with Crippen LogP contribution in [0.4, 0.5) is 0 Å². The van der Waals surface area contributed by atoms with Crippen LogP contribution in [-0.2, 0) is 17.9 Å². The molecule has 2 nitrogen and oxygen atoms in total. The summed E-state index contributed by atoms with van der Waals surface area (Å²) < 4.78 is 5.81. The zero-order chi connectivity index (χ0) is 12.3. The van der Waals surface area contributed by atoms with Crippen molar-refractivity contribution in [3.63, 3.8) is 0 Å². The molecule has 17 heavy (non-hydrogen) atoms. The molecule has 96 valence electrons. The van der Waals surface area contributed by atoms with Crippen LogP contribution in [0.5, 0.6) is 0 Å². The maximum atomic E-state index is 5.81. The molecule has 1 N–H and O–H groups in total. The van der Waals surface area contributed by atoms with Gasteiger partial charge in [-0.05, 0) is 52.2 Å². The molecular formula is C14H23NOS. The summed E-state index contributed by atoms with van der Waals surface area (Å²) >= 11 is 1.86. The summed E-state index contributed by atoms with van der Waals surface area (Å²) in [5.74, 6) is 0. The molecule has 1 aliphatic rings. The summed E-state index contributed by atoms with van der Waals surface area (Å²) in [4.78, 5) is 2.75. The molecule has 0 amide bonds. The Kier molecular flexibility index (Phi) is 4.23. The lowest BCUT2D eigenvalue weighted by atomic mass is 9.96. The van der Waals surface area contributed by atoms with Gasteiger partial charge in [-0.2, -0.15) is 0 Å². The number of hydrogen-bond acceptors (Lipinski definition) is 3. The zero-order valence-corrected chi connectivity index (χ0v) is 11.9. The molecule has 0 atom stereocenters. The van der Waals surface area contributed by atoms with E-state index in [1.54, 1.807) is 0 Å². The predicted molar refractivity (Wildman–Crippen MR) is 73.3 cm³/mol. The third kappa shape index (κ3) is 4.41. The first-order valence-electron chi connectivity index (χ1n) is 6.47. The van der Waals surface area contributed by atoms with Gasteiger partial charge in [-0.25, -0.2) is 0 Å². The molecule has 0 aliphatic heterocycles. The van der Waals surface area contributed by atoms with Crippen molar-refractivity contribution < 1.29 is 4.74 Å². The van der Waals surface area contributed by atoms with Gasteiger partial charge >= 0.3 is 0 Å². The van der Waals surface area contributed by atoms with E-state index in [1.807, 2.05) is 11.3 Å². The molecule has 0 radical (unpaired) electrons. The van der Waals surface area contributed by atoms with Crippen LogP contribution in [0.25, 0.3) is 0 Å². The molecule has 0 bridgehead atoms. The molecular weight excluding hydrogens is 230 g/mol. The minimum atomic E-state index is 0.187. The average molecular weight is 253 g/mol. The van der Waals surface area contributed by atoms with Gasteiger partial charge in [-0.3, -0.25) is 0 Å². The molecule has 1 heterocycles. The Morgan fingerprint density at radius 2 is 2.00 bits per heavy atom. The van der Waals surface area contributed by atoms with Crippen molar-refractivity contribution in [2.75, 3.05) is 0 Å². The van der Waals surface area contributed by atoms with E-state index in [2.05, 4.69) is 38.2 Å². The van der Waals surface area contributed by atoms with Crippen molar-refractivity contribution in [3.05, 3.63) is 21.9 Å². The maximum Gasteiger partial charge on any atom is 0.0813 e. The van der Waals surface area contributed by atoms with Crippen LogP contribution < -0.4 is 5.32 Å². The van der Waals surface area contributed by atoms with Gasteiger partial charge in [-0.15, -0.1) is 11.3 Å². The van der Waals surface area contributed by atoms with Gasteiger partial charge in [0.05, 0.1) is 12.7 Å². The molecule has 3 heteroatoms. The van der Waals surface area contributed by atoms with Crippen LogP contribution in [0, 0.1) is 0 Å². The lowest BCUT2D eigenvalue weighted by molar-refractivity contribution is -0.00744. The van der Waals surface area contributed by atoms with Gasteiger partial charge in [0.15, 0.2) is 0 Å². The van der Waals surface area contributed by atoms with E-state index in [0.29, 0.717) is 6.10 Å². The third-order valence-electron chi connectivity index (χ3n) is 3.02. The fourth-order valence-corrected chi connectivity index (χ4v) is 2.56. The summed E-state index contributed by atoms with van der Waals surface area (Å²) in [5, 5.41) is 3.51. The smallest absolute Gasteiger partial charge is 0.0813 e. The lowest BCUT2D eigenvalue weighted by Crippen LogP contribution is -2.34. The molecule has 1 aromatic rings. The predicted octanol–water partition coefficient (Wildman–Crippen LogP) is 3.71. The standard InChI is InChI=1S/C14H23NOS/c1-14(2,3)15-9-12-7-8-13(17-12)10-16-11-5-4-6-11/h7-8,11,15H,4-6,9-10H2,1-3H3. The van der Waals surface area contributed by atoms with Crippen LogP contribution in [-0.4, -0.2) is 11.6 Å². The monoisotopic (exact) mass is 253 g/mol. The minimum absolute atomic E-state index is 0.187. The number of thiophene rings is 1. The third-order valence-corrected chi connectivity index (χ3v) is 4.08. The average Bonchev–Trinajstić information content (AvgIpc) is 2.59. The van der Waals surface area contributed by atoms with Crippen molar-refractivity contribution in [2.45, 2.75) is 64.8 Å². The van der Waals surface area contributed by atoms with E-state index in [9.17, 15) is 0 Å². The summed E-state index contributed by atoms with van der Waals surface area (Å²) in [7, 11) is 0. The van der Waals surface area contributed by atoms with E-state index in [-0.39, 0.29) is 5.54 Å². The SMILES string of the molecule is CC(C)(C)NCc1ccc(COC2CCC2)s1. The van der Waals surface area contributed by atoms with Crippen molar-refractivity contribution >= 4 is 11.3 Å². The summed E-state index contributed by atoms with van der Waals surface area (Å²) in [6, 6.07) is 4.41. The van der Waals surface area contributed by atoms with Crippen LogP contribution >= 0.6 is 11.3 Å². The summed E-state index contributed by atoms with van der Waals surface area (Å²) in [6.45, 7) is 8.34. The Bertz CT molecular complexity index is 349. The zero-order valence-electron chi connectivity index (χ0n) is 11.1. The first-order chi connectivity index (χ1) is 8.03. The largest absolute Gasteiger partial charge is 0.373 e. The van der Waals surface area contributed by atoms with Gasteiger partial charge in [0.25, 0.3) is 0 Å². The maximum absolute atomic E-state index is 5.81. The second-order valence-corrected chi connectivity index (χ2v) is 7.09. The molecule has 0 saturated heterocycles. The minimum Gasteiger partial charge on any atom is -0.373 e. The van der Waals surface area contributed by atoms with Gasteiger partial charge < -0.3 is 10.1 Å². The Labute approximate surface area is 108 Å². The quantitative estimate of drug-likeness (QED) is 0.864. The van der Waals surface area contributed by atoms with Gasteiger partial charge in [-0.1, -0.05) is 0 Å². The van der Waals surface area contributed by atoms with Crippen LogP contribution in [0.2, 0.25) is 0 Å². The first kappa shape index (κ1) is 13.1. The molecule has 0 aromatic carbocycles. The van der Waals surface area contributed by atoms with Crippen molar-refractivity contribution in [3.8, 4) is 0 Å². The molecule has 1 saturated carbocycles. The van der Waals surface area contributed by atoms with E-state index in [0.717, 1.165) is 13.2 Å². The van der Waals surface area contributed by atoms with Gasteiger partial charge in [0.2, 0.25) is 0 Å². The summed E-state index contributed by atoms with van der Waals surface area (Å²) in [6.07, 6.45) is 4.39. The number of rotatable bonds is 5. The molecule has 1 aliphatic carbocycles. The molecule has 2 rings (SSSR count). The fourth-order valence-electron chi connectivity index (χ4n) is 1.68. The Balaban J connectivity index is 1.74. The highest BCUT2D eigenvalue weighted by Gasteiger charge is 2.18. The van der Waals surface area contributed by atoms with Crippen LogP contribution in [0.1, 0.15) is 49.8 Å². The second kappa shape index (κ2) is 5.51. The van der Waals surface area contributed by atoms with Crippen LogP contribution in [0.15, 0.2) is 12.1 Å². The second-order valence-electron chi connectivity index (χ2n) is 5.84. The molecule has 0 spiro atoms. The molecule has 0 unspecified atom stereocenters.